The van der Waals surface area contributed by atoms with Crippen LogP contribution >= 0.6 is 0 Å². The number of rotatable bonds is 4. The van der Waals surface area contributed by atoms with Crippen LogP contribution in [0.1, 0.15) is 36.7 Å². The SMILES string of the molecule is COC1C(C)C(NC(=O)Nc2cc(C(=O)N(C)C)ccc2C)C1(C)C. The van der Waals surface area contributed by atoms with E-state index >= 15 is 0 Å². The zero-order valence-corrected chi connectivity index (χ0v) is 16.1. The summed E-state index contributed by atoms with van der Waals surface area (Å²) in [6.45, 7) is 8.16. The molecule has 3 amide bonds. The van der Waals surface area contributed by atoms with Crippen LogP contribution < -0.4 is 10.6 Å². The van der Waals surface area contributed by atoms with Crippen LogP contribution in [0.4, 0.5) is 10.5 Å². The standard InChI is InChI=1S/C19H29N3O3/c1-11-8-9-13(17(23)22(5)6)10-14(11)20-18(24)21-15-12(2)16(25-7)19(15,3)4/h8-10,12,15-16H,1-7H3,(H2,20,21,24). The molecule has 6 heteroatoms. The van der Waals surface area contributed by atoms with Crippen molar-refractivity contribution in [3.63, 3.8) is 0 Å². The largest absolute Gasteiger partial charge is 0.380 e. The fourth-order valence-corrected chi connectivity index (χ4v) is 3.87. The number of nitrogens with one attached hydrogen (secondary N) is 2. The van der Waals surface area contributed by atoms with E-state index in [1.54, 1.807) is 33.3 Å². The number of anilines is 1. The maximum atomic E-state index is 12.5. The Morgan fingerprint density at radius 1 is 1.24 bits per heavy atom. The van der Waals surface area contributed by atoms with Crippen LogP contribution in [0.15, 0.2) is 18.2 Å². The number of ether oxygens (including phenoxy) is 1. The van der Waals surface area contributed by atoms with Crippen LogP contribution in [-0.4, -0.2) is 50.2 Å². The lowest BCUT2D eigenvalue weighted by molar-refractivity contribution is -0.140. The first-order valence-electron chi connectivity index (χ1n) is 8.52. The number of carbonyl (C=O) groups is 2. The number of methoxy groups -OCH3 is 1. The average molecular weight is 347 g/mol. The lowest BCUT2D eigenvalue weighted by Gasteiger charge is -2.56. The van der Waals surface area contributed by atoms with Crippen molar-refractivity contribution in [3.05, 3.63) is 29.3 Å². The van der Waals surface area contributed by atoms with E-state index in [-0.39, 0.29) is 35.4 Å². The van der Waals surface area contributed by atoms with Crippen molar-refractivity contribution in [1.82, 2.24) is 10.2 Å². The van der Waals surface area contributed by atoms with Gasteiger partial charge in [-0.1, -0.05) is 26.8 Å². The number of benzene rings is 1. The Labute approximate surface area is 149 Å². The molecule has 25 heavy (non-hydrogen) atoms. The van der Waals surface area contributed by atoms with E-state index in [0.29, 0.717) is 11.3 Å². The number of urea groups is 1. The molecule has 6 nitrogen and oxygen atoms in total. The van der Waals surface area contributed by atoms with Gasteiger partial charge in [-0.2, -0.15) is 0 Å². The van der Waals surface area contributed by atoms with Gasteiger partial charge in [0.15, 0.2) is 0 Å². The molecular weight excluding hydrogens is 318 g/mol. The molecule has 0 spiro atoms. The second kappa shape index (κ2) is 7.04. The first-order valence-corrected chi connectivity index (χ1v) is 8.52. The zero-order chi connectivity index (χ0) is 18.9. The van der Waals surface area contributed by atoms with Crippen LogP contribution in [-0.2, 0) is 4.74 Å². The molecule has 0 aliphatic heterocycles. The molecule has 2 N–H and O–H groups in total. The maximum absolute atomic E-state index is 12.5. The predicted octanol–water partition coefficient (Wildman–Crippen LogP) is 2.88. The second-order valence-corrected chi connectivity index (χ2v) is 7.64. The van der Waals surface area contributed by atoms with Crippen LogP contribution in [0.5, 0.6) is 0 Å². The molecule has 138 valence electrons. The summed E-state index contributed by atoms with van der Waals surface area (Å²) >= 11 is 0. The molecule has 0 saturated heterocycles. The minimum absolute atomic E-state index is 0.0318. The Morgan fingerprint density at radius 2 is 1.88 bits per heavy atom. The minimum atomic E-state index is -0.267. The molecular formula is C19H29N3O3. The van der Waals surface area contributed by atoms with Gasteiger partial charge < -0.3 is 20.3 Å². The molecule has 3 atom stereocenters. The highest BCUT2D eigenvalue weighted by Gasteiger charge is 2.55. The third-order valence-corrected chi connectivity index (χ3v) is 5.22. The van der Waals surface area contributed by atoms with E-state index in [9.17, 15) is 9.59 Å². The summed E-state index contributed by atoms with van der Waals surface area (Å²) in [5.74, 6) is 0.147. The smallest absolute Gasteiger partial charge is 0.319 e. The Kier molecular flexibility index (Phi) is 5.42. The minimum Gasteiger partial charge on any atom is -0.380 e. The number of nitrogens with zero attached hydrogens (tertiary/aromatic N) is 1. The number of hydrogen-bond acceptors (Lipinski definition) is 3. The van der Waals surface area contributed by atoms with Crippen LogP contribution in [0, 0.1) is 18.3 Å². The molecule has 1 aromatic carbocycles. The molecule has 1 aliphatic carbocycles. The normalized spacial score (nSPS) is 24.2. The van der Waals surface area contributed by atoms with E-state index in [2.05, 4.69) is 31.4 Å². The molecule has 2 rings (SSSR count). The van der Waals surface area contributed by atoms with Gasteiger partial charge in [-0.15, -0.1) is 0 Å². The first kappa shape index (κ1) is 19.2. The van der Waals surface area contributed by atoms with Gasteiger partial charge in [0.2, 0.25) is 0 Å². The van der Waals surface area contributed by atoms with E-state index < -0.39 is 0 Å². The Bertz CT molecular complexity index is 670. The van der Waals surface area contributed by atoms with Crippen LogP contribution in [0.25, 0.3) is 0 Å². The molecule has 1 saturated carbocycles. The molecule has 1 fully saturated rings. The fraction of sp³-hybridized carbons (Fsp3) is 0.579. The molecule has 0 bridgehead atoms. The third-order valence-electron chi connectivity index (χ3n) is 5.22. The van der Waals surface area contributed by atoms with E-state index in [1.807, 2.05) is 13.0 Å². The Hall–Kier alpha value is -2.08. The van der Waals surface area contributed by atoms with Gasteiger partial charge in [0.25, 0.3) is 5.91 Å². The quantitative estimate of drug-likeness (QED) is 0.880. The number of hydrogen-bond donors (Lipinski definition) is 2. The Morgan fingerprint density at radius 3 is 2.40 bits per heavy atom. The number of amides is 3. The van der Waals surface area contributed by atoms with Crippen LogP contribution in [0.3, 0.4) is 0 Å². The van der Waals surface area contributed by atoms with E-state index in [0.717, 1.165) is 5.56 Å². The highest BCUT2D eigenvalue weighted by molar-refractivity contribution is 5.97. The van der Waals surface area contributed by atoms with Gasteiger partial charge in [-0.05, 0) is 24.6 Å². The monoisotopic (exact) mass is 347 g/mol. The molecule has 0 radical (unpaired) electrons. The summed E-state index contributed by atoms with van der Waals surface area (Å²) in [6.07, 6.45) is 0.126. The van der Waals surface area contributed by atoms with Gasteiger partial charge in [0.05, 0.1) is 6.10 Å². The molecule has 1 aliphatic rings. The van der Waals surface area contributed by atoms with Crippen molar-refractivity contribution >= 4 is 17.6 Å². The summed E-state index contributed by atoms with van der Waals surface area (Å²) in [6, 6.07) is 5.08. The summed E-state index contributed by atoms with van der Waals surface area (Å²) in [5.41, 5.74) is 1.96. The first-order chi connectivity index (χ1) is 11.6. The topological polar surface area (TPSA) is 70.7 Å². The average Bonchev–Trinajstić information content (AvgIpc) is 2.54. The Balaban J connectivity index is 2.09. The molecule has 0 heterocycles. The summed E-state index contributed by atoms with van der Waals surface area (Å²) in [7, 11) is 5.11. The lowest BCUT2D eigenvalue weighted by atomic mass is 9.58. The van der Waals surface area contributed by atoms with Crippen molar-refractivity contribution in [2.75, 3.05) is 26.5 Å². The lowest BCUT2D eigenvalue weighted by Crippen LogP contribution is -2.68. The third kappa shape index (κ3) is 3.63. The van der Waals surface area contributed by atoms with Crippen molar-refractivity contribution < 1.29 is 14.3 Å². The van der Waals surface area contributed by atoms with Gasteiger partial charge >= 0.3 is 6.03 Å². The van der Waals surface area contributed by atoms with Gasteiger partial charge in [0.1, 0.15) is 0 Å². The summed E-state index contributed by atoms with van der Waals surface area (Å²) in [5, 5.41) is 5.92. The molecule has 1 aromatic rings. The van der Waals surface area contributed by atoms with E-state index in [4.69, 9.17) is 4.74 Å². The summed E-state index contributed by atoms with van der Waals surface area (Å²) < 4.78 is 5.51. The van der Waals surface area contributed by atoms with Crippen molar-refractivity contribution in [1.29, 1.82) is 0 Å². The predicted molar refractivity (Wildman–Crippen MR) is 98.9 cm³/mol. The molecule has 0 aromatic heterocycles. The fourth-order valence-electron chi connectivity index (χ4n) is 3.87. The van der Waals surface area contributed by atoms with Gasteiger partial charge in [0, 0.05) is 49.8 Å². The summed E-state index contributed by atoms with van der Waals surface area (Å²) in [4.78, 5) is 26.1. The number of aryl methyl sites for hydroxylation is 1. The highest BCUT2D eigenvalue weighted by atomic mass is 16.5. The highest BCUT2D eigenvalue weighted by Crippen LogP contribution is 2.46. The van der Waals surface area contributed by atoms with Gasteiger partial charge in [-0.3, -0.25) is 4.79 Å². The number of carbonyl (C=O) groups excluding carboxylic acids is 2. The molecule has 3 unspecified atom stereocenters. The van der Waals surface area contributed by atoms with Crippen molar-refractivity contribution in [2.45, 2.75) is 39.8 Å². The zero-order valence-electron chi connectivity index (χ0n) is 16.1. The maximum Gasteiger partial charge on any atom is 0.319 e. The van der Waals surface area contributed by atoms with E-state index in [1.165, 1.54) is 4.90 Å². The van der Waals surface area contributed by atoms with Gasteiger partial charge in [-0.25, -0.2) is 4.79 Å². The van der Waals surface area contributed by atoms with Crippen molar-refractivity contribution in [3.8, 4) is 0 Å². The second-order valence-electron chi connectivity index (χ2n) is 7.64. The van der Waals surface area contributed by atoms with Crippen molar-refractivity contribution in [2.24, 2.45) is 11.3 Å². The van der Waals surface area contributed by atoms with Crippen LogP contribution in [0.2, 0.25) is 0 Å².